The number of halogens is 1. The van der Waals surface area contributed by atoms with Crippen molar-refractivity contribution < 1.29 is 9.18 Å². The Labute approximate surface area is 173 Å². The summed E-state index contributed by atoms with van der Waals surface area (Å²) in [6.07, 6.45) is 3.23. The number of aromatic nitrogens is 5. The van der Waals surface area contributed by atoms with Gasteiger partial charge in [0.1, 0.15) is 17.3 Å². The molecule has 1 amide bonds. The van der Waals surface area contributed by atoms with Gasteiger partial charge in [0.15, 0.2) is 10.5 Å². The van der Waals surface area contributed by atoms with Crippen LogP contribution in [-0.2, 0) is 0 Å². The van der Waals surface area contributed by atoms with Gasteiger partial charge in [-0.3, -0.25) is 9.89 Å². The van der Waals surface area contributed by atoms with E-state index >= 15 is 0 Å². The summed E-state index contributed by atoms with van der Waals surface area (Å²) < 4.78 is 18.0. The van der Waals surface area contributed by atoms with E-state index in [0.29, 0.717) is 29.2 Å². The molecule has 0 atom stereocenters. The number of likely N-dealkylation sites (tertiary alicyclic amines) is 1. The van der Waals surface area contributed by atoms with Crippen molar-refractivity contribution in [1.29, 1.82) is 0 Å². The minimum atomic E-state index is -0.381. The van der Waals surface area contributed by atoms with Gasteiger partial charge in [-0.1, -0.05) is 12.1 Å². The SMILES string of the molecule is CC(C)n1c(C2CCN(C(=O)c3ccn(-c4ccccc4F)n3)CC2)n[nH]c1=S. The van der Waals surface area contributed by atoms with Crippen LogP contribution in [0.15, 0.2) is 36.5 Å². The van der Waals surface area contributed by atoms with Crippen molar-refractivity contribution >= 4 is 18.1 Å². The Morgan fingerprint density at radius 2 is 1.97 bits per heavy atom. The first kappa shape index (κ1) is 19.5. The molecule has 9 heteroatoms. The molecular weight excluding hydrogens is 391 g/mol. The Balaban J connectivity index is 1.45. The second-order valence-electron chi connectivity index (χ2n) is 7.51. The molecule has 152 valence electrons. The van der Waals surface area contributed by atoms with Crippen molar-refractivity contribution in [1.82, 2.24) is 29.4 Å². The number of hydrogen-bond donors (Lipinski definition) is 1. The van der Waals surface area contributed by atoms with Crippen LogP contribution in [0, 0.1) is 10.6 Å². The van der Waals surface area contributed by atoms with Crippen molar-refractivity contribution in [3.05, 3.63) is 58.6 Å². The molecule has 1 aliphatic rings. The fourth-order valence-corrected chi connectivity index (χ4v) is 4.17. The van der Waals surface area contributed by atoms with Crippen molar-refractivity contribution in [3.63, 3.8) is 0 Å². The average molecular weight is 415 g/mol. The third kappa shape index (κ3) is 3.74. The fourth-order valence-electron chi connectivity index (χ4n) is 3.82. The summed E-state index contributed by atoms with van der Waals surface area (Å²) in [5.74, 6) is 0.696. The van der Waals surface area contributed by atoms with Crippen LogP contribution in [0.5, 0.6) is 0 Å². The number of carbonyl (C=O) groups excluding carboxylic acids is 1. The van der Waals surface area contributed by atoms with E-state index in [2.05, 4.69) is 29.1 Å². The molecule has 3 aromatic rings. The lowest BCUT2D eigenvalue weighted by atomic mass is 9.95. The minimum Gasteiger partial charge on any atom is -0.337 e. The van der Waals surface area contributed by atoms with E-state index in [-0.39, 0.29) is 23.7 Å². The normalized spacial score (nSPS) is 15.2. The molecule has 0 aliphatic carbocycles. The summed E-state index contributed by atoms with van der Waals surface area (Å²) in [5, 5.41) is 11.6. The van der Waals surface area contributed by atoms with Crippen LogP contribution < -0.4 is 0 Å². The molecule has 0 bridgehead atoms. The van der Waals surface area contributed by atoms with Crippen LogP contribution >= 0.6 is 12.2 Å². The third-order valence-corrected chi connectivity index (χ3v) is 5.59. The Kier molecular flexibility index (Phi) is 5.31. The van der Waals surface area contributed by atoms with Gasteiger partial charge in [0.05, 0.1) is 0 Å². The van der Waals surface area contributed by atoms with Crippen LogP contribution in [0.25, 0.3) is 5.69 Å². The largest absolute Gasteiger partial charge is 0.337 e. The lowest BCUT2D eigenvalue weighted by molar-refractivity contribution is 0.0703. The number of benzene rings is 1. The lowest BCUT2D eigenvalue weighted by Gasteiger charge is -2.31. The summed E-state index contributed by atoms with van der Waals surface area (Å²) in [7, 11) is 0. The van der Waals surface area contributed by atoms with Gasteiger partial charge in [-0.05, 0) is 57.1 Å². The highest BCUT2D eigenvalue weighted by atomic mass is 32.1. The molecule has 1 saturated heterocycles. The molecule has 29 heavy (non-hydrogen) atoms. The van der Waals surface area contributed by atoms with E-state index < -0.39 is 0 Å². The molecule has 0 saturated carbocycles. The zero-order chi connectivity index (χ0) is 20.5. The van der Waals surface area contributed by atoms with Gasteiger partial charge in [0, 0.05) is 31.2 Å². The molecule has 0 unspecified atom stereocenters. The fraction of sp³-hybridized carbons (Fsp3) is 0.400. The Morgan fingerprint density at radius 3 is 2.66 bits per heavy atom. The van der Waals surface area contributed by atoms with Gasteiger partial charge in [-0.2, -0.15) is 10.2 Å². The number of aromatic amines is 1. The summed E-state index contributed by atoms with van der Waals surface area (Å²) in [4.78, 5) is 14.7. The third-order valence-electron chi connectivity index (χ3n) is 5.30. The van der Waals surface area contributed by atoms with E-state index in [1.807, 2.05) is 4.57 Å². The summed E-state index contributed by atoms with van der Waals surface area (Å²) in [6.45, 7) is 5.40. The molecule has 1 N–H and O–H groups in total. The van der Waals surface area contributed by atoms with Crippen LogP contribution in [-0.4, -0.2) is 48.4 Å². The predicted octanol–water partition coefficient (Wildman–Crippen LogP) is 3.87. The maximum absolute atomic E-state index is 14.0. The van der Waals surface area contributed by atoms with Gasteiger partial charge < -0.3 is 9.47 Å². The van der Waals surface area contributed by atoms with Crippen LogP contribution in [0.1, 0.15) is 55.0 Å². The van der Waals surface area contributed by atoms with E-state index in [9.17, 15) is 9.18 Å². The van der Waals surface area contributed by atoms with E-state index in [1.165, 1.54) is 10.7 Å². The van der Waals surface area contributed by atoms with Gasteiger partial charge >= 0.3 is 0 Å². The first-order valence-corrected chi connectivity index (χ1v) is 10.1. The van der Waals surface area contributed by atoms with Gasteiger partial charge in [0.2, 0.25) is 0 Å². The maximum Gasteiger partial charge on any atom is 0.274 e. The number of hydrogen-bond acceptors (Lipinski definition) is 4. The highest BCUT2D eigenvalue weighted by molar-refractivity contribution is 7.71. The molecular formula is C20H23FN6OS. The number of H-pyrrole nitrogens is 1. The summed E-state index contributed by atoms with van der Waals surface area (Å²) in [6, 6.07) is 8.22. The first-order valence-electron chi connectivity index (χ1n) is 9.72. The van der Waals surface area contributed by atoms with Gasteiger partial charge in [0.25, 0.3) is 5.91 Å². The van der Waals surface area contributed by atoms with Gasteiger partial charge in [-0.25, -0.2) is 9.07 Å². The number of carbonyl (C=O) groups is 1. The quantitative estimate of drug-likeness (QED) is 0.658. The topological polar surface area (TPSA) is 71.7 Å². The molecule has 4 rings (SSSR count). The molecule has 0 radical (unpaired) electrons. The lowest BCUT2D eigenvalue weighted by Crippen LogP contribution is -2.38. The van der Waals surface area contributed by atoms with Crippen molar-refractivity contribution in [2.45, 2.75) is 38.6 Å². The van der Waals surface area contributed by atoms with E-state index in [0.717, 1.165) is 18.7 Å². The standard InChI is InChI=1S/C20H23FN6OS/c1-13(2)27-18(22-23-20(27)29)14-7-10-25(11-8-14)19(28)16-9-12-26(24-16)17-6-4-3-5-15(17)21/h3-6,9,12-14H,7-8,10-11H2,1-2H3,(H,23,29). The maximum atomic E-state index is 14.0. The molecule has 2 aromatic heterocycles. The second-order valence-corrected chi connectivity index (χ2v) is 7.90. The molecule has 1 aliphatic heterocycles. The van der Waals surface area contributed by atoms with Crippen molar-refractivity contribution in [2.75, 3.05) is 13.1 Å². The molecule has 0 spiro atoms. The van der Waals surface area contributed by atoms with Crippen LogP contribution in [0.3, 0.4) is 0 Å². The average Bonchev–Trinajstić information content (AvgIpc) is 3.35. The number of amides is 1. The zero-order valence-corrected chi connectivity index (χ0v) is 17.2. The Bertz CT molecular complexity index is 1080. The second kappa shape index (κ2) is 7.90. The molecule has 1 fully saturated rings. The van der Waals surface area contributed by atoms with Crippen LogP contribution in [0.4, 0.5) is 4.39 Å². The molecule has 7 nitrogen and oxygen atoms in total. The van der Waals surface area contributed by atoms with Crippen molar-refractivity contribution in [2.24, 2.45) is 0 Å². The Morgan fingerprint density at radius 1 is 1.24 bits per heavy atom. The Hall–Kier alpha value is -2.81. The number of nitrogens with zero attached hydrogens (tertiary/aromatic N) is 5. The predicted molar refractivity (Wildman–Crippen MR) is 109 cm³/mol. The summed E-state index contributed by atoms with van der Waals surface area (Å²) in [5.41, 5.74) is 0.637. The highest BCUT2D eigenvalue weighted by Gasteiger charge is 2.29. The minimum absolute atomic E-state index is 0.138. The zero-order valence-electron chi connectivity index (χ0n) is 16.4. The van der Waals surface area contributed by atoms with Gasteiger partial charge in [-0.15, -0.1) is 0 Å². The number of piperidine rings is 1. The smallest absolute Gasteiger partial charge is 0.274 e. The number of para-hydroxylation sites is 1. The molecule has 3 heterocycles. The van der Waals surface area contributed by atoms with Crippen molar-refractivity contribution in [3.8, 4) is 5.69 Å². The monoisotopic (exact) mass is 414 g/mol. The number of nitrogens with one attached hydrogen (secondary N) is 1. The van der Waals surface area contributed by atoms with Crippen LogP contribution in [0.2, 0.25) is 0 Å². The van der Waals surface area contributed by atoms with E-state index in [1.54, 1.807) is 35.4 Å². The number of rotatable bonds is 4. The summed E-state index contributed by atoms with van der Waals surface area (Å²) >= 11 is 5.34. The first-order chi connectivity index (χ1) is 14.0. The van der Waals surface area contributed by atoms with E-state index in [4.69, 9.17) is 12.2 Å². The molecule has 1 aromatic carbocycles. The highest BCUT2D eigenvalue weighted by Crippen LogP contribution is 2.29.